The second-order valence-corrected chi connectivity index (χ2v) is 9.36. The van der Waals surface area contributed by atoms with E-state index in [0.717, 1.165) is 5.56 Å². The van der Waals surface area contributed by atoms with Gasteiger partial charge < -0.3 is 15.0 Å². The molecule has 2 aromatic carbocycles. The zero-order valence-electron chi connectivity index (χ0n) is 18.1. The minimum Gasteiger partial charge on any atom is -0.385 e. The molecule has 0 bridgehead atoms. The van der Waals surface area contributed by atoms with Crippen LogP contribution in [0, 0.1) is 4.77 Å². The number of hydrogen-bond acceptors (Lipinski definition) is 4. The van der Waals surface area contributed by atoms with Crippen LogP contribution >= 0.6 is 35.4 Å². The molecule has 0 saturated heterocycles. The topological polar surface area (TPSA) is 76.1 Å². The van der Waals surface area contributed by atoms with Gasteiger partial charge in [0.2, 0.25) is 0 Å². The fourth-order valence-electron chi connectivity index (χ4n) is 3.60. The summed E-state index contributed by atoms with van der Waals surface area (Å²) in [6.45, 7) is 5.24. The number of benzene rings is 2. The molecule has 1 amide bonds. The van der Waals surface area contributed by atoms with Crippen LogP contribution in [0.25, 0.3) is 10.9 Å². The standard InChI is InChI=1S/C23H25Cl2N3O3S/c1-23(2,19-16(24)6-4-7-17(19)25)13-26-20(29)14-8-9-15-18(12-14)27-22(32)28(21(15)30)10-5-11-31-3/h4,6-9,12H,5,10-11,13H2,1-3H3,(H,26,29)(H,27,32). The fraction of sp³-hybridized carbons (Fsp3) is 0.348. The molecule has 170 valence electrons. The molecule has 0 radical (unpaired) electrons. The monoisotopic (exact) mass is 493 g/mol. The molecule has 1 heterocycles. The first kappa shape index (κ1) is 24.5. The van der Waals surface area contributed by atoms with E-state index in [1.165, 1.54) is 4.57 Å². The van der Waals surface area contributed by atoms with Gasteiger partial charge in [0.25, 0.3) is 11.5 Å². The van der Waals surface area contributed by atoms with E-state index in [-0.39, 0.29) is 11.5 Å². The molecule has 3 aromatic rings. The Bertz CT molecular complexity index is 1250. The van der Waals surface area contributed by atoms with Gasteiger partial charge in [0.1, 0.15) is 0 Å². The predicted octanol–water partition coefficient (Wildman–Crippen LogP) is 5.11. The molecule has 0 aliphatic heterocycles. The summed E-state index contributed by atoms with van der Waals surface area (Å²) in [5.41, 5.74) is 1.03. The van der Waals surface area contributed by atoms with Crippen molar-refractivity contribution in [3.05, 3.63) is 72.7 Å². The average Bonchev–Trinajstić information content (AvgIpc) is 2.73. The molecule has 1 aromatic heterocycles. The third-order valence-corrected chi connectivity index (χ3v) is 6.26. The van der Waals surface area contributed by atoms with Crippen LogP contribution < -0.4 is 10.9 Å². The van der Waals surface area contributed by atoms with Crippen LogP contribution in [0.3, 0.4) is 0 Å². The van der Waals surface area contributed by atoms with E-state index in [0.29, 0.717) is 57.4 Å². The Hall–Kier alpha value is -2.19. The highest BCUT2D eigenvalue weighted by Crippen LogP contribution is 2.35. The second-order valence-electron chi connectivity index (χ2n) is 8.16. The Labute approximate surface area is 201 Å². The first-order chi connectivity index (χ1) is 15.2. The van der Waals surface area contributed by atoms with E-state index in [2.05, 4.69) is 10.3 Å². The highest BCUT2D eigenvalue weighted by atomic mass is 35.5. The zero-order valence-corrected chi connectivity index (χ0v) is 20.5. The van der Waals surface area contributed by atoms with Gasteiger partial charge in [0.05, 0.1) is 10.9 Å². The number of aromatic nitrogens is 2. The Kier molecular flexibility index (Phi) is 7.77. The molecular weight excluding hydrogens is 469 g/mol. The number of carbonyl (C=O) groups is 1. The van der Waals surface area contributed by atoms with Crippen molar-refractivity contribution in [2.24, 2.45) is 0 Å². The predicted molar refractivity (Wildman–Crippen MR) is 132 cm³/mol. The third-order valence-electron chi connectivity index (χ3n) is 5.30. The number of H-pyrrole nitrogens is 1. The summed E-state index contributed by atoms with van der Waals surface area (Å²) in [7, 11) is 1.61. The third kappa shape index (κ3) is 5.23. The van der Waals surface area contributed by atoms with Gasteiger partial charge in [-0.3, -0.25) is 14.2 Å². The van der Waals surface area contributed by atoms with Crippen LogP contribution in [0.4, 0.5) is 0 Å². The van der Waals surface area contributed by atoms with E-state index in [1.54, 1.807) is 43.5 Å². The number of nitrogens with one attached hydrogen (secondary N) is 2. The van der Waals surface area contributed by atoms with Gasteiger partial charge >= 0.3 is 0 Å². The fourth-order valence-corrected chi connectivity index (χ4v) is 4.80. The number of ether oxygens (including phenoxy) is 1. The maximum atomic E-state index is 12.8. The molecular formula is C23H25Cl2N3O3S. The molecule has 3 rings (SSSR count). The molecule has 0 aliphatic carbocycles. The average molecular weight is 494 g/mol. The van der Waals surface area contributed by atoms with Gasteiger partial charge in [-0.2, -0.15) is 0 Å². The highest BCUT2D eigenvalue weighted by molar-refractivity contribution is 7.71. The van der Waals surface area contributed by atoms with E-state index < -0.39 is 5.41 Å². The lowest BCUT2D eigenvalue weighted by Crippen LogP contribution is -2.37. The second kappa shape index (κ2) is 10.2. The number of fused-ring (bicyclic) bond motifs is 1. The van der Waals surface area contributed by atoms with Gasteiger partial charge in [0.15, 0.2) is 4.77 Å². The molecule has 6 nitrogen and oxygen atoms in total. The van der Waals surface area contributed by atoms with Crippen molar-refractivity contribution in [2.75, 3.05) is 20.3 Å². The largest absolute Gasteiger partial charge is 0.385 e. The zero-order chi connectivity index (χ0) is 23.5. The first-order valence-corrected chi connectivity index (χ1v) is 11.3. The number of nitrogens with zero attached hydrogens (tertiary/aromatic N) is 1. The highest BCUT2D eigenvalue weighted by Gasteiger charge is 2.27. The minimum atomic E-state index is -0.488. The normalized spacial score (nSPS) is 11.7. The lowest BCUT2D eigenvalue weighted by atomic mass is 9.84. The van der Waals surface area contributed by atoms with Crippen molar-refractivity contribution in [3.8, 4) is 0 Å². The molecule has 2 N–H and O–H groups in total. The molecule has 32 heavy (non-hydrogen) atoms. The van der Waals surface area contributed by atoms with Crippen molar-refractivity contribution in [3.63, 3.8) is 0 Å². The van der Waals surface area contributed by atoms with Crippen molar-refractivity contribution < 1.29 is 9.53 Å². The van der Waals surface area contributed by atoms with Crippen LogP contribution in [-0.4, -0.2) is 35.7 Å². The lowest BCUT2D eigenvalue weighted by molar-refractivity contribution is 0.0945. The molecule has 0 saturated carbocycles. The van der Waals surface area contributed by atoms with E-state index >= 15 is 0 Å². The maximum absolute atomic E-state index is 12.8. The van der Waals surface area contributed by atoms with Gasteiger partial charge in [-0.1, -0.05) is 43.1 Å². The van der Waals surface area contributed by atoms with E-state index in [9.17, 15) is 9.59 Å². The molecule has 0 atom stereocenters. The Morgan fingerprint density at radius 1 is 1.22 bits per heavy atom. The summed E-state index contributed by atoms with van der Waals surface area (Å²) in [5, 5.41) is 4.51. The van der Waals surface area contributed by atoms with Crippen LogP contribution in [-0.2, 0) is 16.7 Å². The molecule has 0 fully saturated rings. The summed E-state index contributed by atoms with van der Waals surface area (Å²) in [4.78, 5) is 28.7. The summed E-state index contributed by atoms with van der Waals surface area (Å²) < 4.78 is 6.86. The van der Waals surface area contributed by atoms with Gasteiger partial charge in [-0.15, -0.1) is 0 Å². The van der Waals surface area contributed by atoms with Crippen LogP contribution in [0.15, 0.2) is 41.2 Å². The summed E-state index contributed by atoms with van der Waals surface area (Å²) in [6, 6.07) is 10.2. The Balaban J connectivity index is 1.82. The number of hydrogen-bond donors (Lipinski definition) is 2. The Morgan fingerprint density at radius 3 is 2.56 bits per heavy atom. The number of methoxy groups -OCH3 is 1. The minimum absolute atomic E-state index is 0.193. The number of rotatable bonds is 8. The molecule has 0 unspecified atom stereocenters. The van der Waals surface area contributed by atoms with Gasteiger partial charge in [-0.05, 0) is 54.5 Å². The van der Waals surface area contributed by atoms with Crippen molar-refractivity contribution in [1.29, 1.82) is 0 Å². The molecule has 9 heteroatoms. The molecule has 0 spiro atoms. The van der Waals surface area contributed by atoms with Crippen molar-refractivity contribution in [1.82, 2.24) is 14.9 Å². The van der Waals surface area contributed by atoms with Crippen LogP contribution in [0.2, 0.25) is 10.0 Å². The quantitative estimate of drug-likeness (QED) is 0.337. The lowest BCUT2D eigenvalue weighted by Gasteiger charge is -2.27. The van der Waals surface area contributed by atoms with Gasteiger partial charge in [-0.25, -0.2) is 0 Å². The van der Waals surface area contributed by atoms with E-state index in [4.69, 9.17) is 40.2 Å². The number of aromatic amines is 1. The van der Waals surface area contributed by atoms with Crippen molar-refractivity contribution in [2.45, 2.75) is 32.2 Å². The van der Waals surface area contributed by atoms with Crippen molar-refractivity contribution >= 4 is 52.2 Å². The summed E-state index contributed by atoms with van der Waals surface area (Å²) >= 11 is 18.0. The summed E-state index contributed by atoms with van der Waals surface area (Å²) in [6.07, 6.45) is 0.672. The van der Waals surface area contributed by atoms with Crippen LogP contribution in [0.5, 0.6) is 0 Å². The number of halogens is 2. The first-order valence-electron chi connectivity index (χ1n) is 10.1. The van der Waals surface area contributed by atoms with Gasteiger partial charge in [0, 0.05) is 47.8 Å². The SMILES string of the molecule is COCCCn1c(=S)[nH]c2cc(C(=O)NCC(C)(C)c3c(Cl)cccc3Cl)ccc2c1=O. The number of amides is 1. The smallest absolute Gasteiger partial charge is 0.262 e. The van der Waals surface area contributed by atoms with E-state index in [1.807, 2.05) is 13.8 Å². The maximum Gasteiger partial charge on any atom is 0.262 e. The molecule has 0 aliphatic rings. The van der Waals surface area contributed by atoms with Crippen LogP contribution in [0.1, 0.15) is 36.2 Å². The Morgan fingerprint density at radius 2 is 1.91 bits per heavy atom. The summed E-state index contributed by atoms with van der Waals surface area (Å²) in [5.74, 6) is -0.272. The number of carbonyl (C=O) groups excluding carboxylic acids is 1.